The normalized spacial score (nSPS) is 12.6. The van der Waals surface area contributed by atoms with E-state index in [-0.39, 0.29) is 24.0 Å². The van der Waals surface area contributed by atoms with Gasteiger partial charge < -0.3 is 9.64 Å². The van der Waals surface area contributed by atoms with Crippen molar-refractivity contribution in [1.82, 2.24) is 14.9 Å². The number of anilines is 2. The van der Waals surface area contributed by atoms with E-state index >= 15 is 0 Å². The van der Waals surface area contributed by atoms with Gasteiger partial charge in [-0.05, 0) is 79.8 Å². The lowest BCUT2D eigenvalue weighted by molar-refractivity contribution is 0.100. The summed E-state index contributed by atoms with van der Waals surface area (Å²) < 4.78 is 21.6. The fourth-order valence-electron chi connectivity index (χ4n) is 6.04. The van der Waals surface area contributed by atoms with Crippen LogP contribution < -0.4 is 15.0 Å². The van der Waals surface area contributed by atoms with Crippen molar-refractivity contribution in [1.29, 1.82) is 0 Å². The Morgan fingerprint density at radius 2 is 1.94 bits per heavy atom. The van der Waals surface area contributed by atoms with Gasteiger partial charge in [0, 0.05) is 42.6 Å². The number of fused-ring (bicyclic) bond motifs is 2. The number of nitrogens with zero attached hydrogens (tertiary/aromatic N) is 4. The Balaban J connectivity index is 1.07. The number of thiazole rings is 2. The molecule has 0 radical (unpaired) electrons. The molecule has 0 atom stereocenters. The molecule has 2 aromatic heterocycles. The SMILES string of the molecule is CC(=O)c1nc(N2CCc3cccc(C(=O)Nc4nc5ccccc5s4)c3C2)sc1CCCOc1ccc(C#CCN(C)CC(C)C)cc1F. The minimum absolute atomic E-state index is 0.102. The van der Waals surface area contributed by atoms with Crippen molar-refractivity contribution in [2.45, 2.75) is 46.6 Å². The van der Waals surface area contributed by atoms with Crippen LogP contribution in [0.25, 0.3) is 10.2 Å². The highest BCUT2D eigenvalue weighted by atomic mass is 32.1. The van der Waals surface area contributed by atoms with Gasteiger partial charge in [0.25, 0.3) is 5.91 Å². The average molecular weight is 710 g/mol. The van der Waals surface area contributed by atoms with Crippen LogP contribution in [0, 0.1) is 23.6 Å². The fraction of sp³-hybridized carbons (Fsp3) is 0.333. The quantitative estimate of drug-likeness (QED) is 0.0802. The fourth-order valence-corrected chi connectivity index (χ4v) is 8.08. The summed E-state index contributed by atoms with van der Waals surface area (Å²) in [5, 5.41) is 4.30. The van der Waals surface area contributed by atoms with E-state index in [0.717, 1.165) is 50.9 Å². The van der Waals surface area contributed by atoms with Crippen LogP contribution in [0.15, 0.2) is 60.7 Å². The molecule has 1 N–H and O–H groups in total. The summed E-state index contributed by atoms with van der Waals surface area (Å²) in [4.78, 5) is 40.5. The van der Waals surface area contributed by atoms with Gasteiger partial charge in [0.15, 0.2) is 27.6 Å². The molecule has 1 amide bonds. The van der Waals surface area contributed by atoms with E-state index in [9.17, 15) is 14.0 Å². The third-order valence-electron chi connectivity index (χ3n) is 8.32. The molecule has 11 heteroatoms. The highest BCUT2D eigenvalue weighted by Crippen LogP contribution is 2.33. The Kier molecular flexibility index (Phi) is 11.2. The molecule has 3 aromatic carbocycles. The summed E-state index contributed by atoms with van der Waals surface area (Å²) in [6, 6.07) is 18.4. The molecule has 258 valence electrons. The van der Waals surface area contributed by atoms with Gasteiger partial charge in [-0.15, -0.1) is 11.3 Å². The zero-order valence-electron chi connectivity index (χ0n) is 28.7. The van der Waals surface area contributed by atoms with E-state index in [1.54, 1.807) is 12.1 Å². The standard InChI is InChI=1S/C39H40FN5O3S2/c1-25(2)23-44(4)19-8-10-27-16-17-33(31(40)22-27)48-21-9-15-35-36(26(3)46)42-39(50-35)45-20-18-28-11-7-12-29(30(28)24-45)37(47)43-38-41-32-13-5-6-14-34(32)49-38/h5-7,11-14,16-17,22,25H,9,15,18-21,23-24H2,1-4H3,(H,41,43,47). The van der Waals surface area contributed by atoms with Crippen LogP contribution in [0.4, 0.5) is 14.7 Å². The molecule has 1 aliphatic heterocycles. The van der Waals surface area contributed by atoms with Gasteiger partial charge in [-0.3, -0.25) is 19.8 Å². The lowest BCUT2D eigenvalue weighted by Gasteiger charge is -2.29. The van der Waals surface area contributed by atoms with Crippen molar-refractivity contribution in [2.24, 2.45) is 5.92 Å². The molecule has 0 unspecified atom stereocenters. The Morgan fingerprint density at radius 3 is 2.72 bits per heavy atom. The molecule has 8 nitrogen and oxygen atoms in total. The van der Waals surface area contributed by atoms with E-state index < -0.39 is 5.82 Å². The molecular formula is C39H40FN5O3S2. The lowest BCUT2D eigenvalue weighted by Crippen LogP contribution is -2.32. The number of ether oxygens (including phenoxy) is 1. The number of nitrogens with one attached hydrogen (secondary N) is 1. The molecule has 6 rings (SSSR count). The second kappa shape index (κ2) is 15.9. The summed E-state index contributed by atoms with van der Waals surface area (Å²) in [7, 11) is 2.02. The number of Topliss-reactive ketones (excluding diaryl/α,β-unsaturated/α-hetero) is 1. The molecule has 0 spiro atoms. The number of para-hydroxylation sites is 1. The second-order valence-electron chi connectivity index (χ2n) is 12.9. The number of hydrogen-bond donors (Lipinski definition) is 1. The van der Waals surface area contributed by atoms with E-state index in [2.05, 4.69) is 51.9 Å². The van der Waals surface area contributed by atoms with E-state index in [1.807, 2.05) is 43.4 Å². The topological polar surface area (TPSA) is 87.7 Å². The van der Waals surface area contributed by atoms with Gasteiger partial charge in [0.05, 0.1) is 23.4 Å². The number of amides is 1. The zero-order valence-corrected chi connectivity index (χ0v) is 30.3. The number of aromatic nitrogens is 2. The van der Waals surface area contributed by atoms with Crippen molar-refractivity contribution in [3.63, 3.8) is 0 Å². The number of rotatable bonds is 12. The summed E-state index contributed by atoms with van der Waals surface area (Å²) in [5.41, 5.74) is 4.59. The van der Waals surface area contributed by atoms with Crippen molar-refractivity contribution in [3.05, 3.63) is 99.3 Å². The molecule has 50 heavy (non-hydrogen) atoms. The molecule has 0 saturated carbocycles. The summed E-state index contributed by atoms with van der Waals surface area (Å²) in [6.45, 7) is 8.93. The van der Waals surface area contributed by atoms with Gasteiger partial charge in [0.1, 0.15) is 5.69 Å². The maximum atomic E-state index is 14.8. The minimum atomic E-state index is -0.449. The molecular weight excluding hydrogens is 670 g/mol. The molecule has 3 heterocycles. The first-order valence-corrected chi connectivity index (χ1v) is 18.4. The molecule has 5 aromatic rings. The van der Waals surface area contributed by atoms with Crippen LogP contribution in [-0.2, 0) is 19.4 Å². The largest absolute Gasteiger partial charge is 0.491 e. The van der Waals surface area contributed by atoms with Crippen LogP contribution in [0.3, 0.4) is 0 Å². The van der Waals surface area contributed by atoms with Crippen LogP contribution >= 0.6 is 22.7 Å². The monoisotopic (exact) mass is 709 g/mol. The van der Waals surface area contributed by atoms with Crippen LogP contribution in [0.1, 0.15) is 69.6 Å². The zero-order chi connectivity index (χ0) is 35.2. The molecule has 0 bridgehead atoms. The average Bonchev–Trinajstić information content (AvgIpc) is 3.71. The number of aryl methyl sites for hydroxylation is 1. The Hall–Kier alpha value is -4.63. The first-order chi connectivity index (χ1) is 24.1. The number of carbonyl (C=O) groups is 2. The van der Waals surface area contributed by atoms with Crippen LogP contribution in [-0.4, -0.2) is 59.8 Å². The van der Waals surface area contributed by atoms with Crippen LogP contribution in [0.2, 0.25) is 0 Å². The number of carbonyl (C=O) groups excluding carboxylic acids is 2. The lowest BCUT2D eigenvalue weighted by atomic mass is 9.94. The van der Waals surface area contributed by atoms with E-state index in [0.29, 0.717) is 53.8 Å². The number of benzene rings is 3. The maximum absolute atomic E-state index is 14.8. The smallest absolute Gasteiger partial charge is 0.257 e. The van der Waals surface area contributed by atoms with Crippen molar-refractivity contribution in [2.75, 3.05) is 43.5 Å². The first-order valence-electron chi connectivity index (χ1n) is 16.8. The molecule has 0 fully saturated rings. The highest BCUT2D eigenvalue weighted by molar-refractivity contribution is 7.22. The third-order valence-corrected chi connectivity index (χ3v) is 10.4. The molecule has 0 aliphatic carbocycles. The first kappa shape index (κ1) is 35.2. The maximum Gasteiger partial charge on any atom is 0.257 e. The summed E-state index contributed by atoms with van der Waals surface area (Å²) >= 11 is 2.94. The predicted octanol–water partition coefficient (Wildman–Crippen LogP) is 7.86. The highest BCUT2D eigenvalue weighted by Gasteiger charge is 2.26. The Bertz CT molecular complexity index is 2050. The Labute approximate surface area is 300 Å². The predicted molar refractivity (Wildman–Crippen MR) is 200 cm³/mol. The van der Waals surface area contributed by atoms with Gasteiger partial charge in [0.2, 0.25) is 0 Å². The van der Waals surface area contributed by atoms with E-state index in [1.165, 1.54) is 35.7 Å². The number of ketones is 1. The van der Waals surface area contributed by atoms with Gasteiger partial charge in [-0.25, -0.2) is 14.4 Å². The Morgan fingerprint density at radius 1 is 1.10 bits per heavy atom. The van der Waals surface area contributed by atoms with Gasteiger partial charge >= 0.3 is 0 Å². The summed E-state index contributed by atoms with van der Waals surface area (Å²) in [5.74, 6) is 6.12. The minimum Gasteiger partial charge on any atom is -0.491 e. The van der Waals surface area contributed by atoms with Gasteiger partial charge in [-0.1, -0.05) is 61.3 Å². The number of hydrogen-bond acceptors (Lipinski definition) is 9. The van der Waals surface area contributed by atoms with Crippen molar-refractivity contribution < 1.29 is 18.7 Å². The van der Waals surface area contributed by atoms with Crippen molar-refractivity contribution in [3.8, 4) is 17.6 Å². The molecule has 0 saturated heterocycles. The summed E-state index contributed by atoms with van der Waals surface area (Å²) in [6.07, 6.45) is 1.91. The number of halogens is 1. The van der Waals surface area contributed by atoms with Crippen molar-refractivity contribution >= 4 is 54.8 Å². The van der Waals surface area contributed by atoms with E-state index in [4.69, 9.17) is 9.72 Å². The third kappa shape index (κ3) is 8.56. The second-order valence-corrected chi connectivity index (χ2v) is 15.0. The molecule has 1 aliphatic rings. The van der Waals surface area contributed by atoms with Gasteiger partial charge in [-0.2, -0.15) is 0 Å². The van der Waals surface area contributed by atoms with Crippen LogP contribution in [0.5, 0.6) is 5.75 Å².